The van der Waals surface area contributed by atoms with E-state index < -0.39 is 11.4 Å². The van der Waals surface area contributed by atoms with Gasteiger partial charge in [-0.05, 0) is 123 Å². The van der Waals surface area contributed by atoms with E-state index in [4.69, 9.17) is 4.74 Å². The Bertz CT molecular complexity index is 1010. The molecule has 0 aromatic carbocycles. The minimum Gasteiger partial charge on any atom is -0.481 e. The highest BCUT2D eigenvalue weighted by atomic mass is 16.5. The van der Waals surface area contributed by atoms with Crippen molar-refractivity contribution in [1.29, 1.82) is 0 Å². The molecular formula is C35H56O4. The number of carbonyl (C=O) groups excluding carboxylic acids is 1. The molecule has 0 amide bonds. The molecule has 0 aromatic heterocycles. The summed E-state index contributed by atoms with van der Waals surface area (Å²) in [5.41, 5.74) is 1.19. The number of unbranched alkanes of at least 4 members (excludes halogenated alkanes) is 1. The summed E-state index contributed by atoms with van der Waals surface area (Å²) < 4.78 is 6.18. The van der Waals surface area contributed by atoms with Gasteiger partial charge >= 0.3 is 11.9 Å². The van der Waals surface area contributed by atoms with E-state index in [1.54, 1.807) is 0 Å². The van der Waals surface area contributed by atoms with Crippen molar-refractivity contribution >= 4 is 11.9 Å². The van der Waals surface area contributed by atoms with E-state index in [1.807, 2.05) is 0 Å². The van der Waals surface area contributed by atoms with Gasteiger partial charge in [0.25, 0.3) is 0 Å². The highest BCUT2D eigenvalue weighted by molar-refractivity contribution is 5.76. The molecule has 0 heterocycles. The highest BCUT2D eigenvalue weighted by Gasteiger charge is 2.72. The fraction of sp³-hybridized carbons (Fsp3) is 0.886. The van der Waals surface area contributed by atoms with Gasteiger partial charge < -0.3 is 9.84 Å². The Balaban J connectivity index is 1.45. The topological polar surface area (TPSA) is 63.6 Å². The van der Waals surface area contributed by atoms with Crippen molar-refractivity contribution in [2.24, 2.45) is 56.7 Å². The van der Waals surface area contributed by atoms with Crippen molar-refractivity contribution < 1.29 is 19.4 Å². The zero-order chi connectivity index (χ0) is 28.6. The number of aliphatic carboxylic acids is 1. The molecular weight excluding hydrogens is 484 g/mol. The third-order valence-electron chi connectivity index (χ3n) is 14.4. The Hall–Kier alpha value is -1.32. The van der Waals surface area contributed by atoms with Crippen LogP contribution < -0.4 is 0 Å². The molecule has 220 valence electrons. The SMILES string of the molecule is C=C(C)[C@@H]1CC[C@]2(C(=O)O)CC[C@]3(C)[C@H](CC[C@@H]4[C@@]5(C)CC[C@H](OC(=O)CCCC)C(C)(C)[C@@H]5CC[C@]43C)[C@@H]12. The first-order chi connectivity index (χ1) is 18.2. The second kappa shape index (κ2) is 9.62. The van der Waals surface area contributed by atoms with Crippen molar-refractivity contribution in [2.45, 2.75) is 138 Å². The fourth-order valence-corrected chi connectivity index (χ4v) is 12.2. The van der Waals surface area contributed by atoms with Crippen molar-refractivity contribution in [3.05, 3.63) is 12.2 Å². The lowest BCUT2D eigenvalue weighted by Crippen LogP contribution is -2.67. The average Bonchev–Trinajstić information content (AvgIpc) is 3.26. The molecule has 1 N–H and O–H groups in total. The molecule has 5 rings (SSSR count). The van der Waals surface area contributed by atoms with Crippen LogP contribution in [0.4, 0.5) is 0 Å². The van der Waals surface area contributed by atoms with Gasteiger partial charge in [0.05, 0.1) is 5.41 Å². The summed E-state index contributed by atoms with van der Waals surface area (Å²) in [5.74, 6) is 1.63. The minimum absolute atomic E-state index is 0.0110. The zero-order valence-corrected chi connectivity index (χ0v) is 26.0. The highest BCUT2D eigenvalue weighted by Crippen LogP contribution is 2.77. The number of carbonyl (C=O) groups is 2. The quantitative estimate of drug-likeness (QED) is 0.270. The van der Waals surface area contributed by atoms with E-state index >= 15 is 0 Å². The minimum atomic E-state index is -0.556. The number of rotatable bonds is 6. The van der Waals surface area contributed by atoms with Crippen LogP contribution >= 0.6 is 0 Å². The summed E-state index contributed by atoms with van der Waals surface area (Å²) in [5, 5.41) is 10.6. The molecule has 4 nitrogen and oxygen atoms in total. The normalized spacial score (nSPS) is 48.2. The van der Waals surface area contributed by atoms with Gasteiger partial charge in [0.2, 0.25) is 0 Å². The van der Waals surface area contributed by atoms with Crippen LogP contribution in [0.15, 0.2) is 12.2 Å². The molecule has 0 unspecified atom stereocenters. The fourth-order valence-electron chi connectivity index (χ4n) is 12.2. The molecule has 39 heavy (non-hydrogen) atoms. The van der Waals surface area contributed by atoms with Crippen LogP contribution in [-0.4, -0.2) is 23.1 Å². The van der Waals surface area contributed by atoms with Crippen LogP contribution in [0.25, 0.3) is 0 Å². The van der Waals surface area contributed by atoms with Crippen LogP contribution in [0, 0.1) is 56.7 Å². The van der Waals surface area contributed by atoms with Crippen molar-refractivity contribution in [1.82, 2.24) is 0 Å². The van der Waals surface area contributed by atoms with E-state index in [9.17, 15) is 14.7 Å². The van der Waals surface area contributed by atoms with E-state index in [0.717, 1.165) is 57.8 Å². The van der Waals surface area contributed by atoms with Gasteiger partial charge in [-0.1, -0.05) is 60.1 Å². The first kappa shape index (κ1) is 29.2. The smallest absolute Gasteiger partial charge is 0.309 e. The molecule has 0 saturated heterocycles. The Morgan fingerprint density at radius 3 is 2.23 bits per heavy atom. The third kappa shape index (κ3) is 3.95. The first-order valence-electron chi connectivity index (χ1n) is 16.3. The maximum Gasteiger partial charge on any atom is 0.309 e. The van der Waals surface area contributed by atoms with Crippen LogP contribution in [0.1, 0.15) is 132 Å². The molecule has 0 aliphatic heterocycles. The predicted octanol–water partition coefficient (Wildman–Crippen LogP) is 8.83. The van der Waals surface area contributed by atoms with Gasteiger partial charge in [0.1, 0.15) is 6.10 Å². The first-order valence-corrected chi connectivity index (χ1v) is 16.3. The van der Waals surface area contributed by atoms with E-state index in [1.165, 1.54) is 24.8 Å². The molecule has 0 bridgehead atoms. The molecule has 0 spiro atoms. The lowest BCUT2D eigenvalue weighted by molar-refractivity contribution is -0.250. The summed E-state index contributed by atoms with van der Waals surface area (Å²) in [6.07, 6.45) is 13.0. The third-order valence-corrected chi connectivity index (χ3v) is 14.4. The lowest BCUT2D eigenvalue weighted by atomic mass is 9.32. The maximum absolute atomic E-state index is 12.9. The number of carboxylic acid groups (broad SMARTS) is 1. The number of fused-ring (bicyclic) bond motifs is 7. The van der Waals surface area contributed by atoms with E-state index in [0.29, 0.717) is 30.1 Å². The molecule has 5 fully saturated rings. The Morgan fingerprint density at radius 2 is 1.59 bits per heavy atom. The van der Waals surface area contributed by atoms with Crippen LogP contribution in [0.2, 0.25) is 0 Å². The number of hydrogen-bond acceptors (Lipinski definition) is 3. The van der Waals surface area contributed by atoms with Gasteiger partial charge in [0.15, 0.2) is 0 Å². The van der Waals surface area contributed by atoms with Crippen LogP contribution in [-0.2, 0) is 14.3 Å². The average molecular weight is 541 g/mol. The zero-order valence-electron chi connectivity index (χ0n) is 26.0. The summed E-state index contributed by atoms with van der Waals surface area (Å²) in [7, 11) is 0. The van der Waals surface area contributed by atoms with E-state index in [-0.39, 0.29) is 39.7 Å². The second-order valence-corrected chi connectivity index (χ2v) is 16.1. The Kier molecular flexibility index (Phi) is 7.20. The lowest BCUT2D eigenvalue weighted by Gasteiger charge is -2.72. The van der Waals surface area contributed by atoms with Crippen molar-refractivity contribution in [2.75, 3.05) is 0 Å². The predicted molar refractivity (Wildman–Crippen MR) is 156 cm³/mol. The number of hydrogen-bond donors (Lipinski definition) is 1. The van der Waals surface area contributed by atoms with Crippen molar-refractivity contribution in [3.8, 4) is 0 Å². The maximum atomic E-state index is 12.9. The molecule has 5 aliphatic rings. The monoisotopic (exact) mass is 540 g/mol. The summed E-state index contributed by atoms with van der Waals surface area (Å²) in [6, 6.07) is 0. The molecule has 5 aliphatic carbocycles. The molecule has 0 aromatic rings. The number of ether oxygens (including phenoxy) is 1. The van der Waals surface area contributed by atoms with Crippen LogP contribution in [0.3, 0.4) is 0 Å². The number of carboxylic acids is 1. The second-order valence-electron chi connectivity index (χ2n) is 16.1. The summed E-state index contributed by atoms with van der Waals surface area (Å²) in [4.78, 5) is 25.5. The van der Waals surface area contributed by atoms with Gasteiger partial charge in [0, 0.05) is 11.8 Å². The van der Waals surface area contributed by atoms with Crippen molar-refractivity contribution in [3.63, 3.8) is 0 Å². The van der Waals surface area contributed by atoms with Gasteiger partial charge in [-0.15, -0.1) is 0 Å². The Morgan fingerprint density at radius 1 is 0.872 bits per heavy atom. The summed E-state index contributed by atoms with van der Waals surface area (Å²) >= 11 is 0. The van der Waals surface area contributed by atoms with Gasteiger partial charge in [-0.25, -0.2) is 0 Å². The van der Waals surface area contributed by atoms with Gasteiger partial charge in [-0.3, -0.25) is 9.59 Å². The molecule has 5 saturated carbocycles. The molecule has 10 atom stereocenters. The number of esters is 1. The molecule has 0 radical (unpaired) electrons. The molecule has 4 heteroatoms. The van der Waals surface area contributed by atoms with E-state index in [2.05, 4.69) is 55.0 Å². The Labute approximate surface area is 238 Å². The largest absolute Gasteiger partial charge is 0.481 e. The standard InChI is InChI=1S/C35H56O4/c1-9-10-11-28(36)39-27-16-17-32(6)25(31(27,4)5)15-18-34(8)26(32)13-12-24-29-23(22(2)3)14-19-35(29,30(37)38)21-20-33(24,34)7/h23-27,29H,2,9-21H2,1,3-8H3,(H,37,38)/t23-,24+,25-,26+,27-,29+,32-,33+,34+,35-/m0/s1. The van der Waals surface area contributed by atoms with Gasteiger partial charge in [-0.2, -0.15) is 0 Å². The summed E-state index contributed by atoms with van der Waals surface area (Å²) in [6.45, 7) is 21.1. The number of allylic oxidation sites excluding steroid dienone is 1. The van der Waals surface area contributed by atoms with Crippen LogP contribution in [0.5, 0.6) is 0 Å².